The van der Waals surface area contributed by atoms with Crippen molar-refractivity contribution in [3.05, 3.63) is 0 Å². The van der Waals surface area contributed by atoms with Gasteiger partial charge >= 0.3 is 0 Å². The highest BCUT2D eigenvalue weighted by molar-refractivity contribution is 4.75. The standard InChI is InChI=1S/C12H27N3/c1-12(2,3)9-11(10-13)14-15-7-5-4-6-8-15/h11,14H,4-10,13H2,1-3H3. The number of rotatable bonds is 4. The Labute approximate surface area is 94.4 Å². The number of hydrazine groups is 1. The van der Waals surface area contributed by atoms with E-state index in [4.69, 9.17) is 5.73 Å². The van der Waals surface area contributed by atoms with Crippen molar-refractivity contribution in [3.8, 4) is 0 Å². The molecule has 3 N–H and O–H groups in total. The molecule has 1 rings (SSSR count). The van der Waals surface area contributed by atoms with Crippen LogP contribution in [0.3, 0.4) is 0 Å². The maximum absolute atomic E-state index is 5.81. The van der Waals surface area contributed by atoms with Gasteiger partial charge in [-0.15, -0.1) is 0 Å². The first-order valence-corrected chi connectivity index (χ1v) is 6.22. The van der Waals surface area contributed by atoms with Gasteiger partial charge in [0.1, 0.15) is 0 Å². The molecule has 0 aromatic heterocycles. The van der Waals surface area contributed by atoms with Crippen LogP contribution < -0.4 is 11.2 Å². The first-order valence-electron chi connectivity index (χ1n) is 6.22. The zero-order valence-electron chi connectivity index (χ0n) is 10.6. The third-order valence-corrected chi connectivity index (χ3v) is 2.86. The molecule has 15 heavy (non-hydrogen) atoms. The summed E-state index contributed by atoms with van der Waals surface area (Å²) in [5.74, 6) is 0. The van der Waals surface area contributed by atoms with Crippen molar-refractivity contribution in [1.82, 2.24) is 10.4 Å². The van der Waals surface area contributed by atoms with E-state index in [0.29, 0.717) is 11.5 Å². The van der Waals surface area contributed by atoms with Crippen LogP contribution in [-0.2, 0) is 0 Å². The van der Waals surface area contributed by atoms with Gasteiger partial charge in [0.2, 0.25) is 0 Å². The molecule has 1 unspecified atom stereocenters. The number of piperidine rings is 1. The molecule has 1 heterocycles. The Balaban J connectivity index is 2.31. The second-order valence-electron chi connectivity index (χ2n) is 5.87. The van der Waals surface area contributed by atoms with Crippen LogP contribution in [0.2, 0.25) is 0 Å². The van der Waals surface area contributed by atoms with Crippen molar-refractivity contribution in [2.24, 2.45) is 11.1 Å². The Morgan fingerprint density at radius 2 is 1.80 bits per heavy atom. The molecule has 1 fully saturated rings. The Morgan fingerprint density at radius 1 is 1.20 bits per heavy atom. The number of nitrogens with two attached hydrogens (primary N) is 1. The average Bonchev–Trinajstić information content (AvgIpc) is 2.16. The van der Waals surface area contributed by atoms with Crippen LogP contribution in [0.5, 0.6) is 0 Å². The minimum absolute atomic E-state index is 0.354. The molecule has 3 heteroatoms. The van der Waals surface area contributed by atoms with Gasteiger partial charge in [-0.05, 0) is 24.7 Å². The van der Waals surface area contributed by atoms with Crippen LogP contribution in [0, 0.1) is 5.41 Å². The number of nitrogens with zero attached hydrogens (tertiary/aromatic N) is 1. The molecule has 0 saturated carbocycles. The summed E-state index contributed by atoms with van der Waals surface area (Å²) in [5, 5.41) is 2.35. The van der Waals surface area contributed by atoms with Crippen molar-refractivity contribution in [2.75, 3.05) is 19.6 Å². The minimum atomic E-state index is 0.354. The van der Waals surface area contributed by atoms with Gasteiger partial charge in [-0.25, -0.2) is 5.01 Å². The molecule has 0 radical (unpaired) electrons. The van der Waals surface area contributed by atoms with E-state index in [2.05, 4.69) is 31.2 Å². The van der Waals surface area contributed by atoms with Crippen molar-refractivity contribution >= 4 is 0 Å². The molecule has 0 amide bonds. The van der Waals surface area contributed by atoms with E-state index < -0.39 is 0 Å². The van der Waals surface area contributed by atoms with Gasteiger partial charge in [0, 0.05) is 25.7 Å². The number of hydrogen-bond donors (Lipinski definition) is 2. The second kappa shape index (κ2) is 5.83. The normalized spacial score (nSPS) is 21.6. The summed E-state index contributed by atoms with van der Waals surface area (Å²) in [4.78, 5) is 0. The summed E-state index contributed by atoms with van der Waals surface area (Å²) in [7, 11) is 0. The SMILES string of the molecule is CC(C)(C)CC(CN)NN1CCCCC1. The molecule has 0 spiro atoms. The summed E-state index contributed by atoms with van der Waals surface area (Å²) in [5.41, 5.74) is 9.73. The highest BCUT2D eigenvalue weighted by Crippen LogP contribution is 2.20. The minimum Gasteiger partial charge on any atom is -0.329 e. The van der Waals surface area contributed by atoms with Crippen molar-refractivity contribution in [3.63, 3.8) is 0 Å². The van der Waals surface area contributed by atoms with Crippen molar-refractivity contribution in [1.29, 1.82) is 0 Å². The molecule has 0 aromatic carbocycles. The largest absolute Gasteiger partial charge is 0.329 e. The van der Waals surface area contributed by atoms with Gasteiger partial charge in [-0.1, -0.05) is 27.2 Å². The topological polar surface area (TPSA) is 41.3 Å². The molecule has 0 bridgehead atoms. The average molecular weight is 213 g/mol. The van der Waals surface area contributed by atoms with Crippen molar-refractivity contribution in [2.45, 2.75) is 52.5 Å². The molecule has 1 aliphatic rings. The molecule has 1 aliphatic heterocycles. The summed E-state index contributed by atoms with van der Waals surface area (Å²) >= 11 is 0. The fourth-order valence-corrected chi connectivity index (χ4v) is 2.20. The highest BCUT2D eigenvalue weighted by atomic mass is 15.5. The van der Waals surface area contributed by atoms with Crippen LogP contribution >= 0.6 is 0 Å². The van der Waals surface area contributed by atoms with Gasteiger partial charge in [0.25, 0.3) is 0 Å². The maximum Gasteiger partial charge on any atom is 0.0342 e. The van der Waals surface area contributed by atoms with E-state index in [-0.39, 0.29) is 0 Å². The van der Waals surface area contributed by atoms with Gasteiger partial charge in [0.05, 0.1) is 0 Å². The fraction of sp³-hybridized carbons (Fsp3) is 1.00. The number of hydrogen-bond acceptors (Lipinski definition) is 3. The van der Waals surface area contributed by atoms with Gasteiger partial charge < -0.3 is 5.73 Å². The lowest BCUT2D eigenvalue weighted by Gasteiger charge is -2.34. The zero-order valence-corrected chi connectivity index (χ0v) is 10.6. The summed E-state index contributed by atoms with van der Waals surface area (Å²) in [6.45, 7) is 9.91. The Bertz CT molecular complexity index is 168. The van der Waals surface area contributed by atoms with Crippen LogP contribution in [0.25, 0.3) is 0 Å². The third-order valence-electron chi connectivity index (χ3n) is 2.86. The van der Waals surface area contributed by atoms with Crippen LogP contribution in [0.15, 0.2) is 0 Å². The molecule has 90 valence electrons. The zero-order chi connectivity index (χ0) is 11.3. The Hall–Kier alpha value is -0.120. The lowest BCUT2D eigenvalue weighted by molar-refractivity contribution is 0.114. The molecule has 1 atom stereocenters. The first-order chi connectivity index (χ1) is 7.01. The van der Waals surface area contributed by atoms with E-state index in [1.807, 2.05) is 0 Å². The monoisotopic (exact) mass is 213 g/mol. The molecular formula is C12H27N3. The first kappa shape index (κ1) is 12.9. The fourth-order valence-electron chi connectivity index (χ4n) is 2.20. The molecule has 1 saturated heterocycles. The van der Waals surface area contributed by atoms with E-state index in [0.717, 1.165) is 13.0 Å². The maximum atomic E-state index is 5.81. The van der Waals surface area contributed by atoms with Gasteiger partial charge in [0.15, 0.2) is 0 Å². The van der Waals surface area contributed by atoms with E-state index in [9.17, 15) is 0 Å². The highest BCUT2D eigenvalue weighted by Gasteiger charge is 2.20. The van der Waals surface area contributed by atoms with E-state index in [1.165, 1.54) is 32.4 Å². The lowest BCUT2D eigenvalue weighted by atomic mass is 9.88. The molecule has 0 aliphatic carbocycles. The van der Waals surface area contributed by atoms with Crippen molar-refractivity contribution < 1.29 is 0 Å². The Morgan fingerprint density at radius 3 is 2.27 bits per heavy atom. The lowest BCUT2D eigenvalue weighted by Crippen LogP contribution is -2.51. The van der Waals surface area contributed by atoms with E-state index in [1.54, 1.807) is 0 Å². The third kappa shape index (κ3) is 5.50. The van der Waals surface area contributed by atoms with Gasteiger partial charge in [-0.3, -0.25) is 5.43 Å². The summed E-state index contributed by atoms with van der Waals surface area (Å²) in [6, 6.07) is 0.433. The smallest absolute Gasteiger partial charge is 0.0342 e. The van der Waals surface area contributed by atoms with Crippen LogP contribution in [0.4, 0.5) is 0 Å². The van der Waals surface area contributed by atoms with Gasteiger partial charge in [-0.2, -0.15) is 0 Å². The quantitative estimate of drug-likeness (QED) is 0.747. The summed E-state index contributed by atoms with van der Waals surface area (Å²) < 4.78 is 0. The van der Waals surface area contributed by atoms with Crippen LogP contribution in [-0.4, -0.2) is 30.7 Å². The molecular weight excluding hydrogens is 186 g/mol. The predicted molar refractivity (Wildman–Crippen MR) is 65.5 cm³/mol. The molecule has 0 aromatic rings. The molecule has 3 nitrogen and oxygen atoms in total. The summed E-state index contributed by atoms with van der Waals surface area (Å²) in [6.07, 6.45) is 5.16. The van der Waals surface area contributed by atoms with E-state index >= 15 is 0 Å². The number of nitrogens with one attached hydrogen (secondary N) is 1. The Kier molecular flexibility index (Phi) is 5.03. The second-order valence-corrected chi connectivity index (χ2v) is 5.87. The van der Waals surface area contributed by atoms with Crippen LogP contribution in [0.1, 0.15) is 46.5 Å². The predicted octanol–water partition coefficient (Wildman–Crippen LogP) is 1.74.